The number of fused-ring (bicyclic) bond motifs is 4. The lowest BCUT2D eigenvalue weighted by Gasteiger charge is -2.38. The zero-order chi connectivity index (χ0) is 23.2. The summed E-state index contributed by atoms with van der Waals surface area (Å²) in [6.07, 6.45) is 3.24. The Labute approximate surface area is 199 Å². The van der Waals surface area contributed by atoms with Crippen LogP contribution in [-0.4, -0.2) is 59.5 Å². The van der Waals surface area contributed by atoms with Crippen LogP contribution in [-0.2, 0) is 27.2 Å². The van der Waals surface area contributed by atoms with Gasteiger partial charge in [0.2, 0.25) is 11.8 Å². The minimum absolute atomic E-state index is 0.0129. The molecule has 1 aliphatic carbocycles. The number of hydrogen-bond donors (Lipinski definition) is 0. The number of para-hydroxylation sites is 1. The first-order valence-electron chi connectivity index (χ1n) is 12.3. The minimum atomic E-state index is -0.231. The molecule has 3 amide bonds. The number of likely N-dealkylation sites (tertiary alicyclic amines) is 1. The van der Waals surface area contributed by atoms with Crippen LogP contribution in [0.4, 0.5) is 10.5 Å². The fourth-order valence-electron chi connectivity index (χ4n) is 6.15. The molecule has 2 aromatic rings. The Morgan fingerprint density at radius 1 is 0.882 bits per heavy atom. The van der Waals surface area contributed by atoms with Crippen LogP contribution in [0.5, 0.6) is 0 Å². The molecule has 4 aliphatic rings. The molecule has 7 nitrogen and oxygen atoms in total. The lowest BCUT2D eigenvalue weighted by molar-refractivity contribution is -0.134. The topological polar surface area (TPSA) is 70.2 Å². The number of carbonyl (C=O) groups excluding carboxylic acids is 3. The molecule has 0 aromatic heterocycles. The second kappa shape index (κ2) is 8.46. The molecule has 2 unspecified atom stereocenters. The number of amides is 3. The fraction of sp³-hybridized carbons (Fsp3) is 0.444. The van der Waals surface area contributed by atoms with Crippen LogP contribution in [0.25, 0.3) is 0 Å². The summed E-state index contributed by atoms with van der Waals surface area (Å²) in [7, 11) is 0. The summed E-state index contributed by atoms with van der Waals surface area (Å²) in [6.45, 7) is 1.90. The summed E-state index contributed by atoms with van der Waals surface area (Å²) in [5.41, 5.74) is 4.62. The Bertz CT molecular complexity index is 1140. The maximum Gasteiger partial charge on any atom is 0.411 e. The summed E-state index contributed by atoms with van der Waals surface area (Å²) in [6, 6.07) is 16.3. The quantitative estimate of drug-likeness (QED) is 0.702. The molecule has 0 saturated carbocycles. The third-order valence-electron chi connectivity index (χ3n) is 7.86. The summed E-state index contributed by atoms with van der Waals surface area (Å²) in [5.74, 6) is 0.0336. The molecule has 0 bridgehead atoms. The Morgan fingerprint density at radius 2 is 1.59 bits per heavy atom. The van der Waals surface area contributed by atoms with E-state index >= 15 is 0 Å². The highest BCUT2D eigenvalue weighted by atomic mass is 16.6. The molecule has 0 spiro atoms. The molecule has 7 heteroatoms. The first kappa shape index (κ1) is 21.2. The van der Waals surface area contributed by atoms with E-state index in [0.717, 1.165) is 31.4 Å². The monoisotopic (exact) mass is 459 g/mol. The average Bonchev–Trinajstić information content (AvgIpc) is 3.53. The van der Waals surface area contributed by atoms with Crippen LogP contribution in [0.3, 0.4) is 0 Å². The second-order valence-corrected chi connectivity index (χ2v) is 9.71. The van der Waals surface area contributed by atoms with E-state index in [1.165, 1.54) is 16.7 Å². The van der Waals surface area contributed by atoms with Crippen molar-refractivity contribution in [2.24, 2.45) is 0 Å². The van der Waals surface area contributed by atoms with E-state index < -0.39 is 0 Å². The summed E-state index contributed by atoms with van der Waals surface area (Å²) >= 11 is 0. The molecule has 176 valence electrons. The van der Waals surface area contributed by atoms with Gasteiger partial charge in [-0.3, -0.25) is 14.5 Å². The summed E-state index contributed by atoms with van der Waals surface area (Å²) in [5, 5.41) is 0. The molecule has 3 aliphatic heterocycles. The van der Waals surface area contributed by atoms with Gasteiger partial charge in [-0.05, 0) is 42.0 Å². The van der Waals surface area contributed by atoms with Gasteiger partial charge >= 0.3 is 6.09 Å². The molecule has 2 fully saturated rings. The first-order valence-corrected chi connectivity index (χ1v) is 12.3. The zero-order valence-electron chi connectivity index (χ0n) is 19.2. The van der Waals surface area contributed by atoms with Gasteiger partial charge in [-0.1, -0.05) is 42.5 Å². The predicted molar refractivity (Wildman–Crippen MR) is 126 cm³/mol. The van der Waals surface area contributed by atoms with Crippen LogP contribution >= 0.6 is 0 Å². The molecule has 3 heterocycles. The number of benzene rings is 2. The van der Waals surface area contributed by atoms with Gasteiger partial charge in [0, 0.05) is 50.6 Å². The third kappa shape index (κ3) is 3.54. The van der Waals surface area contributed by atoms with Crippen LogP contribution in [0.2, 0.25) is 0 Å². The van der Waals surface area contributed by atoms with Crippen molar-refractivity contribution in [3.05, 3.63) is 65.2 Å². The highest BCUT2D eigenvalue weighted by Crippen LogP contribution is 2.44. The third-order valence-corrected chi connectivity index (χ3v) is 7.86. The molecule has 0 N–H and O–H groups in total. The van der Waals surface area contributed by atoms with Gasteiger partial charge in [-0.25, -0.2) is 4.79 Å². The van der Waals surface area contributed by atoms with Crippen molar-refractivity contribution in [3.63, 3.8) is 0 Å². The van der Waals surface area contributed by atoms with Crippen LogP contribution in [0, 0.1) is 0 Å². The minimum Gasteiger partial charge on any atom is -0.443 e. The van der Waals surface area contributed by atoms with Gasteiger partial charge in [0.25, 0.3) is 0 Å². The number of rotatable bonds is 4. The van der Waals surface area contributed by atoms with Gasteiger partial charge in [-0.15, -0.1) is 0 Å². The van der Waals surface area contributed by atoms with Gasteiger partial charge in [0.15, 0.2) is 0 Å². The number of carbonyl (C=O) groups is 3. The molecular weight excluding hydrogens is 430 g/mol. The lowest BCUT2D eigenvalue weighted by Crippen LogP contribution is -2.48. The Balaban J connectivity index is 1.04. The van der Waals surface area contributed by atoms with Crippen molar-refractivity contribution in [3.8, 4) is 0 Å². The van der Waals surface area contributed by atoms with Crippen molar-refractivity contribution < 1.29 is 19.1 Å². The molecule has 2 aromatic carbocycles. The number of anilines is 1. The normalized spacial score (nSPS) is 23.5. The Kier molecular flexibility index (Phi) is 5.27. The van der Waals surface area contributed by atoms with Crippen LogP contribution < -0.4 is 4.90 Å². The van der Waals surface area contributed by atoms with Crippen molar-refractivity contribution >= 4 is 23.6 Å². The van der Waals surface area contributed by atoms with E-state index in [-0.39, 0.29) is 48.9 Å². The van der Waals surface area contributed by atoms with Crippen LogP contribution in [0.1, 0.15) is 48.4 Å². The average molecular weight is 460 g/mol. The predicted octanol–water partition coefficient (Wildman–Crippen LogP) is 3.47. The molecule has 2 saturated heterocycles. The van der Waals surface area contributed by atoms with Crippen molar-refractivity contribution in [1.29, 1.82) is 0 Å². The smallest absolute Gasteiger partial charge is 0.411 e. The largest absolute Gasteiger partial charge is 0.443 e. The molecule has 6 rings (SSSR count). The van der Waals surface area contributed by atoms with E-state index in [2.05, 4.69) is 18.2 Å². The van der Waals surface area contributed by atoms with Crippen molar-refractivity contribution in [2.75, 3.05) is 24.5 Å². The molecule has 0 radical (unpaired) electrons. The van der Waals surface area contributed by atoms with Gasteiger partial charge in [-0.2, -0.15) is 0 Å². The SMILES string of the molecule is O=C(CCC(=O)N1CCc2ccccc21)N1CCC(N2C(=O)OC3Cc4ccccc4C32)CC1. The Morgan fingerprint density at radius 3 is 2.41 bits per heavy atom. The van der Waals surface area contributed by atoms with E-state index in [1.807, 2.05) is 45.0 Å². The van der Waals surface area contributed by atoms with E-state index in [0.29, 0.717) is 19.6 Å². The second-order valence-electron chi connectivity index (χ2n) is 9.71. The van der Waals surface area contributed by atoms with Crippen molar-refractivity contribution in [1.82, 2.24) is 9.80 Å². The fourth-order valence-corrected chi connectivity index (χ4v) is 6.15. The maximum atomic E-state index is 12.9. The Hall–Kier alpha value is -3.35. The van der Waals surface area contributed by atoms with E-state index in [1.54, 1.807) is 0 Å². The number of hydrogen-bond acceptors (Lipinski definition) is 4. The van der Waals surface area contributed by atoms with Gasteiger partial charge in [0.05, 0.1) is 6.04 Å². The zero-order valence-corrected chi connectivity index (χ0v) is 19.2. The van der Waals surface area contributed by atoms with Gasteiger partial charge in [0.1, 0.15) is 6.10 Å². The summed E-state index contributed by atoms with van der Waals surface area (Å²) < 4.78 is 5.71. The highest BCUT2D eigenvalue weighted by Gasteiger charge is 2.50. The number of piperidine rings is 1. The standard InChI is InChI=1S/C27H29N3O4/c31-24(9-10-25(32)29-16-11-18-5-2-4-8-22(18)29)28-14-12-20(13-15-28)30-26-21-7-3-1-6-19(21)17-23(26)34-27(30)33/h1-8,20,23,26H,9-17H2. The molecular formula is C27H29N3O4. The van der Waals surface area contributed by atoms with E-state index in [4.69, 9.17) is 4.74 Å². The summed E-state index contributed by atoms with van der Waals surface area (Å²) in [4.78, 5) is 43.9. The first-order chi connectivity index (χ1) is 16.6. The van der Waals surface area contributed by atoms with Gasteiger partial charge < -0.3 is 14.5 Å². The molecule has 2 atom stereocenters. The van der Waals surface area contributed by atoms with E-state index in [9.17, 15) is 14.4 Å². The number of ether oxygens (including phenoxy) is 1. The number of nitrogens with zero attached hydrogens (tertiary/aromatic N) is 3. The highest BCUT2D eigenvalue weighted by molar-refractivity contribution is 5.97. The maximum absolute atomic E-state index is 12.9. The van der Waals surface area contributed by atoms with Crippen LogP contribution in [0.15, 0.2) is 48.5 Å². The lowest BCUT2D eigenvalue weighted by atomic mass is 9.99. The van der Waals surface area contributed by atoms with Crippen molar-refractivity contribution in [2.45, 2.75) is 56.7 Å². The molecule has 34 heavy (non-hydrogen) atoms.